The van der Waals surface area contributed by atoms with Crippen LogP contribution in [-0.4, -0.2) is 9.97 Å². The molecular weight excluding hydrogens is 316 g/mol. The first kappa shape index (κ1) is 14.0. The van der Waals surface area contributed by atoms with Gasteiger partial charge in [0.1, 0.15) is 22.3 Å². The number of aryl methyl sites for hydroxylation is 2. The van der Waals surface area contributed by atoms with E-state index in [2.05, 4.69) is 9.97 Å². The van der Waals surface area contributed by atoms with Gasteiger partial charge in [0.25, 0.3) is 0 Å². The summed E-state index contributed by atoms with van der Waals surface area (Å²) in [5.74, 6) is 1.45. The van der Waals surface area contributed by atoms with E-state index in [4.69, 9.17) is 16.3 Å². The lowest BCUT2D eigenvalue weighted by molar-refractivity contribution is 0.296. The molecule has 5 heteroatoms. The summed E-state index contributed by atoms with van der Waals surface area (Å²) in [6.45, 7) is 0.336. The van der Waals surface area contributed by atoms with Crippen molar-refractivity contribution in [1.82, 2.24) is 9.97 Å². The van der Waals surface area contributed by atoms with Crippen LogP contribution in [0.5, 0.6) is 5.75 Å². The molecule has 1 aliphatic carbocycles. The number of nitrogens with zero attached hydrogens (tertiary/aromatic N) is 2. The van der Waals surface area contributed by atoms with Crippen LogP contribution in [0.25, 0.3) is 10.2 Å². The Labute approximate surface area is 137 Å². The van der Waals surface area contributed by atoms with E-state index in [1.807, 2.05) is 30.3 Å². The lowest BCUT2D eigenvalue weighted by Crippen LogP contribution is -2.02. The summed E-state index contributed by atoms with van der Waals surface area (Å²) in [4.78, 5) is 11.5. The minimum absolute atomic E-state index is 0.336. The van der Waals surface area contributed by atoms with Crippen LogP contribution >= 0.6 is 22.9 Å². The van der Waals surface area contributed by atoms with Crippen LogP contribution in [0, 0.1) is 0 Å². The molecule has 0 saturated heterocycles. The lowest BCUT2D eigenvalue weighted by Gasteiger charge is -2.10. The van der Waals surface area contributed by atoms with Gasteiger partial charge in [0.2, 0.25) is 0 Å². The van der Waals surface area contributed by atoms with E-state index >= 15 is 0 Å². The SMILES string of the molecule is Clc1nc(COc2ccccc2)nc2sc3c(c12)CCCC3. The molecule has 3 nitrogen and oxygen atoms in total. The van der Waals surface area contributed by atoms with Crippen molar-refractivity contribution in [3.8, 4) is 5.75 Å². The summed E-state index contributed by atoms with van der Waals surface area (Å²) >= 11 is 8.18. The van der Waals surface area contributed by atoms with E-state index < -0.39 is 0 Å². The van der Waals surface area contributed by atoms with Crippen molar-refractivity contribution in [3.63, 3.8) is 0 Å². The molecule has 0 amide bonds. The van der Waals surface area contributed by atoms with Gasteiger partial charge in [-0.25, -0.2) is 9.97 Å². The number of fused-ring (bicyclic) bond motifs is 3. The van der Waals surface area contributed by atoms with E-state index in [1.54, 1.807) is 11.3 Å². The monoisotopic (exact) mass is 330 g/mol. The molecule has 0 N–H and O–H groups in total. The molecule has 0 fully saturated rings. The van der Waals surface area contributed by atoms with Crippen molar-refractivity contribution in [3.05, 3.63) is 51.7 Å². The zero-order valence-electron chi connectivity index (χ0n) is 12.0. The highest BCUT2D eigenvalue weighted by molar-refractivity contribution is 7.19. The van der Waals surface area contributed by atoms with Gasteiger partial charge in [-0.1, -0.05) is 29.8 Å². The molecule has 3 aromatic rings. The number of thiophene rings is 1. The Kier molecular flexibility index (Phi) is 3.72. The Balaban J connectivity index is 1.65. The molecule has 2 aromatic heterocycles. The third kappa shape index (κ3) is 2.57. The highest BCUT2D eigenvalue weighted by Crippen LogP contribution is 2.38. The maximum absolute atomic E-state index is 6.42. The second kappa shape index (κ2) is 5.86. The van der Waals surface area contributed by atoms with Crippen LogP contribution in [0.1, 0.15) is 29.1 Å². The predicted molar refractivity (Wildman–Crippen MR) is 89.8 cm³/mol. The van der Waals surface area contributed by atoms with Gasteiger partial charge >= 0.3 is 0 Å². The van der Waals surface area contributed by atoms with Crippen LogP contribution in [0.2, 0.25) is 5.15 Å². The van der Waals surface area contributed by atoms with Gasteiger partial charge in [-0.05, 0) is 43.4 Å². The molecule has 0 aliphatic heterocycles. The first-order valence-electron chi connectivity index (χ1n) is 7.46. The van der Waals surface area contributed by atoms with E-state index in [-0.39, 0.29) is 0 Å². The average molecular weight is 331 g/mol. The third-order valence-corrected chi connectivity index (χ3v) is 5.39. The fourth-order valence-corrected chi connectivity index (χ4v) is 4.52. The maximum Gasteiger partial charge on any atom is 0.169 e. The molecule has 0 atom stereocenters. The largest absolute Gasteiger partial charge is 0.486 e. The topological polar surface area (TPSA) is 35.0 Å². The maximum atomic E-state index is 6.42. The van der Waals surface area contributed by atoms with Crippen molar-refractivity contribution in [1.29, 1.82) is 0 Å². The zero-order valence-corrected chi connectivity index (χ0v) is 13.6. The van der Waals surface area contributed by atoms with Crippen LogP contribution in [0.3, 0.4) is 0 Å². The van der Waals surface area contributed by atoms with Gasteiger partial charge in [0, 0.05) is 4.88 Å². The minimum Gasteiger partial charge on any atom is -0.486 e. The minimum atomic E-state index is 0.336. The second-order valence-electron chi connectivity index (χ2n) is 5.42. The van der Waals surface area contributed by atoms with Gasteiger partial charge in [0.15, 0.2) is 5.82 Å². The van der Waals surface area contributed by atoms with Gasteiger partial charge < -0.3 is 4.74 Å². The zero-order chi connectivity index (χ0) is 14.9. The normalized spacial score (nSPS) is 14.0. The Morgan fingerprint density at radius 3 is 2.77 bits per heavy atom. The van der Waals surface area contributed by atoms with E-state index in [1.165, 1.54) is 23.3 Å². The molecule has 112 valence electrons. The van der Waals surface area contributed by atoms with E-state index in [9.17, 15) is 0 Å². The highest BCUT2D eigenvalue weighted by atomic mass is 35.5. The molecule has 22 heavy (non-hydrogen) atoms. The number of hydrogen-bond acceptors (Lipinski definition) is 4. The molecule has 0 radical (unpaired) electrons. The number of benzene rings is 1. The quantitative estimate of drug-likeness (QED) is 0.647. The molecule has 4 rings (SSSR count). The summed E-state index contributed by atoms with van der Waals surface area (Å²) in [6, 6.07) is 9.69. The fourth-order valence-electron chi connectivity index (χ4n) is 2.88. The Morgan fingerprint density at radius 1 is 1.09 bits per heavy atom. The van der Waals surface area contributed by atoms with Crippen LogP contribution in [0.15, 0.2) is 30.3 Å². The fraction of sp³-hybridized carbons (Fsp3) is 0.294. The number of hydrogen-bond donors (Lipinski definition) is 0. The van der Waals surface area contributed by atoms with Crippen molar-refractivity contribution in [2.45, 2.75) is 32.3 Å². The molecule has 1 aliphatic rings. The smallest absolute Gasteiger partial charge is 0.169 e. The number of halogens is 1. The summed E-state index contributed by atoms with van der Waals surface area (Å²) in [6.07, 6.45) is 4.73. The number of para-hydroxylation sites is 1. The molecule has 2 heterocycles. The van der Waals surface area contributed by atoms with Gasteiger partial charge in [-0.15, -0.1) is 11.3 Å². The first-order valence-corrected chi connectivity index (χ1v) is 8.65. The standard InChI is InChI=1S/C17H15ClN2OS/c18-16-15-12-8-4-5-9-13(12)22-17(15)20-14(19-16)10-21-11-6-2-1-3-7-11/h1-3,6-7H,4-5,8-10H2. The van der Waals surface area contributed by atoms with Crippen LogP contribution in [0.4, 0.5) is 0 Å². The molecule has 1 aromatic carbocycles. The number of ether oxygens (including phenoxy) is 1. The summed E-state index contributed by atoms with van der Waals surface area (Å²) in [5, 5.41) is 1.63. The average Bonchev–Trinajstić information content (AvgIpc) is 2.92. The predicted octanol–water partition coefficient (Wildman–Crippen LogP) is 4.80. The number of aromatic nitrogens is 2. The van der Waals surface area contributed by atoms with Crippen molar-refractivity contribution >= 4 is 33.2 Å². The third-order valence-electron chi connectivity index (χ3n) is 3.93. The molecule has 0 unspecified atom stereocenters. The Bertz CT molecular complexity index is 816. The molecular formula is C17H15ClN2OS. The van der Waals surface area contributed by atoms with Gasteiger partial charge in [0.05, 0.1) is 5.39 Å². The summed E-state index contributed by atoms with van der Waals surface area (Å²) in [7, 11) is 0. The molecule has 0 bridgehead atoms. The molecule has 0 spiro atoms. The Morgan fingerprint density at radius 2 is 1.91 bits per heavy atom. The van der Waals surface area contributed by atoms with Crippen molar-refractivity contribution < 1.29 is 4.74 Å². The summed E-state index contributed by atoms with van der Waals surface area (Å²) in [5.41, 5.74) is 1.37. The van der Waals surface area contributed by atoms with E-state index in [0.29, 0.717) is 17.6 Å². The second-order valence-corrected chi connectivity index (χ2v) is 6.87. The highest BCUT2D eigenvalue weighted by Gasteiger charge is 2.20. The first-order chi connectivity index (χ1) is 10.8. The molecule has 0 saturated carbocycles. The van der Waals surface area contributed by atoms with Gasteiger partial charge in [-0.3, -0.25) is 0 Å². The van der Waals surface area contributed by atoms with Crippen LogP contribution < -0.4 is 4.74 Å². The van der Waals surface area contributed by atoms with E-state index in [0.717, 1.165) is 28.8 Å². The van der Waals surface area contributed by atoms with Gasteiger partial charge in [-0.2, -0.15) is 0 Å². The van der Waals surface area contributed by atoms with Crippen molar-refractivity contribution in [2.24, 2.45) is 0 Å². The summed E-state index contributed by atoms with van der Waals surface area (Å²) < 4.78 is 5.72. The van der Waals surface area contributed by atoms with Crippen molar-refractivity contribution in [2.75, 3.05) is 0 Å². The number of rotatable bonds is 3. The Hall–Kier alpha value is -1.65. The lowest BCUT2D eigenvalue weighted by atomic mass is 9.97. The van der Waals surface area contributed by atoms with Crippen LogP contribution in [-0.2, 0) is 19.4 Å².